The van der Waals surface area contributed by atoms with E-state index in [1.807, 2.05) is 0 Å². The molecule has 32 heavy (non-hydrogen) atoms. The van der Waals surface area contributed by atoms with Gasteiger partial charge in [0.05, 0.1) is 27.9 Å². The first-order valence-electron chi connectivity index (χ1n) is 9.13. The van der Waals surface area contributed by atoms with E-state index in [9.17, 15) is 22.4 Å². The Labute approximate surface area is 187 Å². The molecule has 1 atom stereocenters. The van der Waals surface area contributed by atoms with Crippen molar-refractivity contribution in [2.75, 3.05) is 11.9 Å². The molecule has 0 radical (unpaired) electrons. The van der Waals surface area contributed by atoms with Crippen LogP contribution in [0, 0.1) is 5.82 Å². The van der Waals surface area contributed by atoms with Crippen LogP contribution in [0.4, 0.5) is 23.2 Å². The van der Waals surface area contributed by atoms with Gasteiger partial charge in [0.15, 0.2) is 23.2 Å². The van der Waals surface area contributed by atoms with Gasteiger partial charge in [-0.25, -0.2) is 14.1 Å². The summed E-state index contributed by atoms with van der Waals surface area (Å²) in [4.78, 5) is 15.4. The molecule has 6 nitrogen and oxygen atoms in total. The molecule has 1 N–H and O–H groups in total. The number of nitrogens with one attached hydrogen (secondary N) is 1. The molecule has 1 unspecified atom stereocenters. The predicted octanol–water partition coefficient (Wildman–Crippen LogP) is 5.12. The molecule has 5 rings (SSSR count). The second-order valence-electron chi connectivity index (χ2n) is 6.96. The molecule has 1 aromatic heterocycles. The third-order valence-corrected chi connectivity index (χ3v) is 6.27. The molecule has 2 aliphatic rings. The van der Waals surface area contributed by atoms with E-state index in [2.05, 4.69) is 15.4 Å². The summed E-state index contributed by atoms with van der Waals surface area (Å²) in [6, 6.07) is 8.70. The van der Waals surface area contributed by atoms with Crippen LogP contribution >= 0.6 is 23.4 Å². The van der Waals surface area contributed by atoms with Crippen LogP contribution in [0.1, 0.15) is 22.1 Å². The summed E-state index contributed by atoms with van der Waals surface area (Å²) >= 11 is 7.37. The van der Waals surface area contributed by atoms with E-state index < -0.39 is 22.9 Å². The van der Waals surface area contributed by atoms with Crippen LogP contribution < -0.4 is 10.1 Å². The molecule has 0 fully saturated rings. The van der Waals surface area contributed by atoms with E-state index in [-0.39, 0.29) is 22.7 Å². The number of carbonyl (C=O) groups is 1. The van der Waals surface area contributed by atoms with Crippen molar-refractivity contribution in [1.29, 1.82) is 0 Å². The number of imidazole rings is 1. The molecule has 0 saturated heterocycles. The Hall–Kier alpha value is -3.05. The summed E-state index contributed by atoms with van der Waals surface area (Å²) < 4.78 is 59.5. The maximum Gasteiger partial charge on any atom is 0.434 e. The van der Waals surface area contributed by atoms with Gasteiger partial charge in [0.25, 0.3) is 5.91 Å². The van der Waals surface area contributed by atoms with Crippen LogP contribution in [0.25, 0.3) is 0 Å². The number of anilines is 1. The molecular weight excluding hydrogens is 472 g/mol. The zero-order chi connectivity index (χ0) is 22.6. The lowest BCUT2D eigenvalue weighted by Gasteiger charge is -2.25. The maximum absolute atomic E-state index is 13.5. The van der Waals surface area contributed by atoms with Gasteiger partial charge in [0.2, 0.25) is 0 Å². The van der Waals surface area contributed by atoms with Crippen LogP contribution in [-0.2, 0) is 11.0 Å². The van der Waals surface area contributed by atoms with Crippen molar-refractivity contribution < 1.29 is 27.1 Å². The van der Waals surface area contributed by atoms with E-state index in [1.165, 1.54) is 24.3 Å². The van der Waals surface area contributed by atoms with Crippen LogP contribution in [0.3, 0.4) is 0 Å². The van der Waals surface area contributed by atoms with Crippen LogP contribution in [0.2, 0.25) is 5.02 Å². The number of benzene rings is 2. The number of aromatic nitrogens is 2. The third kappa shape index (κ3) is 3.71. The number of thioether (sulfide) groups is 1. The average molecular weight is 483 g/mol. The van der Waals surface area contributed by atoms with Crippen molar-refractivity contribution in [2.24, 2.45) is 5.10 Å². The third-order valence-electron chi connectivity index (χ3n) is 4.77. The summed E-state index contributed by atoms with van der Waals surface area (Å²) in [7, 11) is 0. The lowest BCUT2D eigenvalue weighted by Crippen LogP contribution is -2.26. The highest BCUT2D eigenvalue weighted by molar-refractivity contribution is 8.00. The minimum Gasteiger partial charge on any atom is -0.480 e. The quantitative estimate of drug-likeness (QED) is 0.514. The molecule has 0 aliphatic carbocycles. The van der Waals surface area contributed by atoms with Gasteiger partial charge >= 0.3 is 6.18 Å². The van der Waals surface area contributed by atoms with Crippen molar-refractivity contribution in [2.45, 2.75) is 16.6 Å². The smallest absolute Gasteiger partial charge is 0.434 e. The number of carbonyl (C=O) groups excluding carboxylic acids is 1. The van der Waals surface area contributed by atoms with Crippen LogP contribution in [0.5, 0.6) is 5.75 Å². The molecule has 1 amide bonds. The fourth-order valence-electron chi connectivity index (χ4n) is 3.35. The van der Waals surface area contributed by atoms with Gasteiger partial charge in [-0.1, -0.05) is 35.5 Å². The van der Waals surface area contributed by atoms with E-state index >= 15 is 0 Å². The Morgan fingerprint density at radius 1 is 1.22 bits per heavy atom. The number of amides is 1. The normalized spacial score (nSPS) is 17.7. The predicted molar refractivity (Wildman–Crippen MR) is 110 cm³/mol. The van der Waals surface area contributed by atoms with E-state index in [1.54, 1.807) is 12.1 Å². The highest BCUT2D eigenvalue weighted by atomic mass is 35.5. The molecule has 0 saturated carbocycles. The van der Waals surface area contributed by atoms with Crippen molar-refractivity contribution in [1.82, 2.24) is 9.66 Å². The number of hydrogen-bond acceptors (Lipinski definition) is 5. The molecular formula is C20H11ClF4N4O2S. The van der Waals surface area contributed by atoms with Crippen molar-refractivity contribution in [3.05, 3.63) is 70.3 Å². The summed E-state index contributed by atoms with van der Waals surface area (Å²) in [5, 5.41) is 6.67. The average Bonchev–Trinajstić information content (AvgIpc) is 3.17. The summed E-state index contributed by atoms with van der Waals surface area (Å²) in [5.74, 6) is -0.529. The van der Waals surface area contributed by atoms with Gasteiger partial charge in [-0.05, 0) is 29.8 Å². The molecule has 0 bridgehead atoms. The van der Waals surface area contributed by atoms with Crippen molar-refractivity contribution in [3.8, 4) is 5.75 Å². The van der Waals surface area contributed by atoms with Gasteiger partial charge in [-0.15, -0.1) is 0 Å². The molecule has 3 heterocycles. The summed E-state index contributed by atoms with van der Waals surface area (Å²) in [5.41, 5.74) is 0.653. The minimum atomic E-state index is -4.64. The monoisotopic (exact) mass is 482 g/mol. The molecule has 3 aromatic rings. The Balaban J connectivity index is 1.66. The van der Waals surface area contributed by atoms with Crippen LogP contribution in [-0.4, -0.2) is 27.9 Å². The maximum atomic E-state index is 13.5. The Morgan fingerprint density at radius 2 is 1.97 bits per heavy atom. The SMILES string of the molecule is O=C1COc2c(Cl)cc(C3=Nn4cc(C(F)(F)F)nc4SC3c3ccc(F)cc3)cc2N1. The summed E-state index contributed by atoms with van der Waals surface area (Å²) in [6.45, 7) is -0.181. The number of hydrogen-bond donors (Lipinski definition) is 1. The van der Waals surface area contributed by atoms with Gasteiger partial charge < -0.3 is 10.1 Å². The number of halogens is 5. The zero-order valence-corrected chi connectivity index (χ0v) is 17.4. The summed E-state index contributed by atoms with van der Waals surface area (Å²) in [6.07, 6.45) is -3.84. The topological polar surface area (TPSA) is 68.5 Å². The Morgan fingerprint density at radius 3 is 2.69 bits per heavy atom. The standard InChI is InChI=1S/C20H11ClF4N4O2S/c21-12-5-10(6-13-17(12)31-8-15(30)26-13)16-18(9-1-3-11(22)4-2-9)32-19-27-14(20(23,24)25)7-29(19)28-16/h1-7,18H,8H2,(H,26,30). The number of fused-ring (bicyclic) bond motifs is 2. The first-order chi connectivity index (χ1) is 15.2. The second kappa shape index (κ2) is 7.52. The molecule has 164 valence electrons. The zero-order valence-electron chi connectivity index (χ0n) is 15.8. The van der Waals surface area contributed by atoms with Gasteiger partial charge in [0.1, 0.15) is 5.82 Å². The number of rotatable bonds is 2. The molecule has 0 spiro atoms. The number of ether oxygens (including phenoxy) is 1. The van der Waals surface area contributed by atoms with Gasteiger partial charge in [-0.2, -0.15) is 18.3 Å². The molecule has 2 aliphatic heterocycles. The lowest BCUT2D eigenvalue weighted by molar-refractivity contribution is -0.141. The van der Waals surface area contributed by atoms with Crippen molar-refractivity contribution >= 4 is 40.7 Å². The second-order valence-corrected chi connectivity index (χ2v) is 8.44. The van der Waals surface area contributed by atoms with Gasteiger partial charge in [-0.3, -0.25) is 4.79 Å². The van der Waals surface area contributed by atoms with Crippen LogP contribution in [0.15, 0.2) is 52.9 Å². The largest absolute Gasteiger partial charge is 0.480 e. The molecule has 2 aromatic carbocycles. The lowest BCUT2D eigenvalue weighted by atomic mass is 10.00. The van der Waals surface area contributed by atoms with E-state index in [0.29, 0.717) is 28.3 Å². The first kappa shape index (κ1) is 20.8. The Bertz CT molecular complexity index is 1270. The van der Waals surface area contributed by atoms with Gasteiger partial charge in [0, 0.05) is 5.56 Å². The number of alkyl halides is 3. The van der Waals surface area contributed by atoms with Crippen molar-refractivity contribution in [3.63, 3.8) is 0 Å². The Kier molecular flexibility index (Phi) is 4.90. The highest BCUT2D eigenvalue weighted by Gasteiger charge is 2.37. The minimum absolute atomic E-state index is 0.0380. The highest BCUT2D eigenvalue weighted by Crippen LogP contribution is 2.45. The van der Waals surface area contributed by atoms with E-state index in [4.69, 9.17) is 16.3 Å². The molecule has 12 heteroatoms. The first-order valence-corrected chi connectivity index (χ1v) is 10.4. The fraction of sp³-hybridized carbons (Fsp3) is 0.150. The fourth-order valence-corrected chi connectivity index (χ4v) is 4.78. The van der Waals surface area contributed by atoms with E-state index in [0.717, 1.165) is 22.6 Å². The number of nitrogens with zero attached hydrogens (tertiary/aromatic N) is 3.